The van der Waals surface area contributed by atoms with Crippen molar-refractivity contribution in [2.24, 2.45) is 34.5 Å². The molecule has 1 N–H and O–H groups in total. The van der Waals surface area contributed by atoms with Gasteiger partial charge in [0, 0.05) is 30.1 Å². The second-order valence-electron chi connectivity index (χ2n) is 11.1. The van der Waals surface area contributed by atoms with E-state index < -0.39 is 46.9 Å². The van der Waals surface area contributed by atoms with Crippen molar-refractivity contribution in [3.63, 3.8) is 0 Å². The summed E-state index contributed by atoms with van der Waals surface area (Å²) in [6.45, 7) is 8.65. The summed E-state index contributed by atoms with van der Waals surface area (Å²) in [6.07, 6.45) is 6.77. The minimum absolute atomic E-state index is 0.0182. The van der Waals surface area contributed by atoms with Crippen molar-refractivity contribution in [1.29, 1.82) is 0 Å². The van der Waals surface area contributed by atoms with Crippen LogP contribution in [0.3, 0.4) is 0 Å². The molecule has 3 saturated carbocycles. The smallest absolute Gasteiger partial charge is 0.306 e. The van der Waals surface area contributed by atoms with Gasteiger partial charge in [-0.1, -0.05) is 39.3 Å². The molecule has 0 saturated heterocycles. The highest BCUT2D eigenvalue weighted by molar-refractivity contribution is 6.01. The van der Waals surface area contributed by atoms with E-state index in [1.54, 1.807) is 19.1 Å². The Bertz CT molecular complexity index is 979. The molecule has 4 aliphatic carbocycles. The Labute approximate surface area is 200 Å². The first kappa shape index (κ1) is 24.8. The zero-order valence-electron chi connectivity index (χ0n) is 20.8. The van der Waals surface area contributed by atoms with Crippen LogP contribution in [0.2, 0.25) is 0 Å². The average Bonchev–Trinajstić information content (AvgIpc) is 3.05. The van der Waals surface area contributed by atoms with Gasteiger partial charge in [-0.25, -0.2) is 0 Å². The zero-order valence-corrected chi connectivity index (χ0v) is 20.8. The van der Waals surface area contributed by atoms with Crippen molar-refractivity contribution in [2.75, 3.05) is 6.61 Å². The van der Waals surface area contributed by atoms with Gasteiger partial charge in [-0.05, 0) is 55.6 Å². The summed E-state index contributed by atoms with van der Waals surface area (Å²) in [5, 5.41) is 11.6. The van der Waals surface area contributed by atoms with E-state index >= 15 is 0 Å². The predicted octanol–water partition coefficient (Wildman–Crippen LogP) is 3.34. The maximum Gasteiger partial charge on any atom is 0.306 e. The second-order valence-corrected chi connectivity index (χ2v) is 11.1. The third-order valence-electron chi connectivity index (χ3n) is 9.37. The molecule has 34 heavy (non-hydrogen) atoms. The first-order valence-electron chi connectivity index (χ1n) is 12.4. The molecule has 186 valence electrons. The molecule has 0 amide bonds. The van der Waals surface area contributed by atoms with Crippen molar-refractivity contribution in [3.05, 3.63) is 23.8 Å². The first-order valence-corrected chi connectivity index (χ1v) is 12.4. The van der Waals surface area contributed by atoms with E-state index in [4.69, 9.17) is 9.47 Å². The van der Waals surface area contributed by atoms with Crippen LogP contribution >= 0.6 is 0 Å². The summed E-state index contributed by atoms with van der Waals surface area (Å²) in [6, 6.07) is 0. The minimum atomic E-state index is -1.44. The maximum absolute atomic E-state index is 13.5. The number of allylic oxidation sites excluding steroid dienone is 4. The fourth-order valence-electron chi connectivity index (χ4n) is 7.97. The number of aliphatic hydroxyl groups excluding tert-OH is 1. The highest BCUT2D eigenvalue weighted by atomic mass is 16.6. The molecule has 0 aromatic rings. The van der Waals surface area contributed by atoms with E-state index in [0.717, 1.165) is 12.0 Å². The van der Waals surface area contributed by atoms with Crippen molar-refractivity contribution >= 4 is 23.5 Å². The summed E-state index contributed by atoms with van der Waals surface area (Å²) in [7, 11) is 0. The highest BCUT2D eigenvalue weighted by Crippen LogP contribution is 2.68. The molecule has 0 spiro atoms. The first-order chi connectivity index (χ1) is 15.9. The van der Waals surface area contributed by atoms with Crippen LogP contribution in [0.25, 0.3) is 0 Å². The molecule has 0 radical (unpaired) electrons. The Balaban J connectivity index is 1.76. The lowest BCUT2D eigenvalue weighted by molar-refractivity contribution is -0.201. The number of hydrogen-bond donors (Lipinski definition) is 1. The number of aliphatic hydroxyl groups is 1. The van der Waals surface area contributed by atoms with Gasteiger partial charge < -0.3 is 14.6 Å². The van der Waals surface area contributed by atoms with Crippen LogP contribution in [0.15, 0.2) is 23.8 Å². The Hall–Kier alpha value is -2.28. The Morgan fingerprint density at radius 2 is 1.94 bits per heavy atom. The SMILES string of the molecule is CCC(=O)O[C@@]1(C(=O)COC(C)=O)CC[C@@H]2[C@H]3C[C@@H](C)C4=CC(=O)C=C[C@@]4(C)[C@@H]3[C@H](O)C[C@]21C. The van der Waals surface area contributed by atoms with Gasteiger partial charge in [0.05, 0.1) is 6.10 Å². The highest BCUT2D eigenvalue weighted by Gasteiger charge is 2.70. The molecule has 0 aliphatic heterocycles. The van der Waals surface area contributed by atoms with Gasteiger partial charge in [-0.2, -0.15) is 0 Å². The van der Waals surface area contributed by atoms with Crippen LogP contribution in [0, 0.1) is 34.5 Å². The number of carbonyl (C=O) groups excluding carboxylic acids is 4. The lowest BCUT2D eigenvalue weighted by Crippen LogP contribution is -2.63. The average molecular weight is 473 g/mol. The number of ketones is 2. The summed E-state index contributed by atoms with van der Waals surface area (Å²) >= 11 is 0. The zero-order chi connectivity index (χ0) is 25.1. The van der Waals surface area contributed by atoms with Crippen molar-refractivity contribution in [1.82, 2.24) is 0 Å². The van der Waals surface area contributed by atoms with Crippen LogP contribution < -0.4 is 0 Å². The molecule has 0 aromatic carbocycles. The minimum Gasteiger partial charge on any atom is -0.458 e. The van der Waals surface area contributed by atoms with Crippen LogP contribution in [0.5, 0.6) is 0 Å². The molecule has 0 heterocycles. The predicted molar refractivity (Wildman–Crippen MR) is 123 cm³/mol. The molecule has 7 nitrogen and oxygen atoms in total. The van der Waals surface area contributed by atoms with Gasteiger partial charge in [-0.15, -0.1) is 0 Å². The van der Waals surface area contributed by atoms with Gasteiger partial charge in [-0.3, -0.25) is 19.2 Å². The molecular weight excluding hydrogens is 436 g/mol. The Morgan fingerprint density at radius 1 is 1.24 bits per heavy atom. The number of hydrogen-bond acceptors (Lipinski definition) is 7. The van der Waals surface area contributed by atoms with Crippen LogP contribution in [-0.2, 0) is 28.7 Å². The van der Waals surface area contributed by atoms with Gasteiger partial charge in [0.2, 0.25) is 5.78 Å². The van der Waals surface area contributed by atoms with Crippen molar-refractivity contribution in [3.8, 4) is 0 Å². The maximum atomic E-state index is 13.5. The van der Waals surface area contributed by atoms with Gasteiger partial charge >= 0.3 is 11.9 Å². The molecule has 7 heteroatoms. The van der Waals surface area contributed by atoms with E-state index in [0.29, 0.717) is 19.3 Å². The molecule has 4 aliphatic rings. The van der Waals surface area contributed by atoms with Crippen molar-refractivity contribution < 1.29 is 33.8 Å². The van der Waals surface area contributed by atoms with Crippen molar-refractivity contribution in [2.45, 2.75) is 78.4 Å². The van der Waals surface area contributed by atoms with E-state index in [2.05, 4.69) is 13.8 Å². The van der Waals surface area contributed by atoms with E-state index in [-0.39, 0.29) is 35.9 Å². The fraction of sp³-hybridized carbons (Fsp3) is 0.704. The van der Waals surface area contributed by atoms with Crippen LogP contribution in [0.1, 0.15) is 66.7 Å². The standard InChI is InChI=1S/C27H36O7/c1-6-23(32)34-27(22(31)14-33-16(3)28)10-8-19-18-11-15(2)20-12-17(29)7-9-25(20,4)24(18)21(30)13-26(19,27)5/h7,9,12,15,18-19,21,24,30H,6,8,10-11,13-14H2,1-5H3/t15-,18-,19-,21-,24+,25-,26-,27-/m1/s1. The molecule has 0 unspecified atom stereocenters. The number of fused-ring (bicyclic) bond motifs is 5. The Kier molecular flexibility index (Phi) is 6.16. The second kappa shape index (κ2) is 8.43. The lowest BCUT2D eigenvalue weighted by Gasteiger charge is -2.61. The number of Topliss-reactive ketones (excluding diaryl/α,β-unsaturated/α-hetero) is 1. The molecule has 4 rings (SSSR count). The van der Waals surface area contributed by atoms with Gasteiger partial charge in [0.1, 0.15) is 0 Å². The summed E-state index contributed by atoms with van der Waals surface area (Å²) in [5.41, 5.74) is -1.60. The van der Waals surface area contributed by atoms with E-state index in [1.165, 1.54) is 6.92 Å². The molecule has 0 bridgehead atoms. The molecular formula is C27H36O7. The lowest BCUT2D eigenvalue weighted by atomic mass is 9.44. The summed E-state index contributed by atoms with van der Waals surface area (Å²) in [4.78, 5) is 49.6. The monoisotopic (exact) mass is 472 g/mol. The number of carbonyl (C=O) groups is 4. The summed E-state index contributed by atoms with van der Waals surface area (Å²) < 4.78 is 11.0. The topological polar surface area (TPSA) is 107 Å². The quantitative estimate of drug-likeness (QED) is 0.612. The third kappa shape index (κ3) is 3.50. The molecule has 8 atom stereocenters. The number of esters is 2. The van der Waals surface area contributed by atoms with Crippen LogP contribution in [-0.4, -0.2) is 46.9 Å². The van der Waals surface area contributed by atoms with Crippen LogP contribution in [0.4, 0.5) is 0 Å². The third-order valence-corrected chi connectivity index (χ3v) is 9.37. The fourth-order valence-corrected chi connectivity index (χ4v) is 7.97. The Morgan fingerprint density at radius 3 is 2.59 bits per heavy atom. The molecule has 3 fully saturated rings. The van der Waals surface area contributed by atoms with E-state index in [1.807, 2.05) is 13.0 Å². The van der Waals surface area contributed by atoms with Gasteiger partial charge in [0.15, 0.2) is 18.0 Å². The van der Waals surface area contributed by atoms with Gasteiger partial charge in [0.25, 0.3) is 0 Å². The molecule has 0 aromatic heterocycles. The largest absolute Gasteiger partial charge is 0.458 e. The number of ether oxygens (including phenoxy) is 2. The van der Waals surface area contributed by atoms with E-state index in [9.17, 15) is 24.3 Å². The normalized spacial score (nSPS) is 42.7. The summed E-state index contributed by atoms with van der Waals surface area (Å²) in [5.74, 6) is -1.29. The number of rotatable bonds is 5.